The van der Waals surface area contributed by atoms with Crippen LogP contribution in [0.3, 0.4) is 0 Å². The van der Waals surface area contributed by atoms with Crippen LogP contribution in [0.1, 0.15) is 12.5 Å². The van der Waals surface area contributed by atoms with Gasteiger partial charge in [-0.25, -0.2) is 0 Å². The van der Waals surface area contributed by atoms with Gasteiger partial charge in [-0.05, 0) is 17.4 Å². The van der Waals surface area contributed by atoms with E-state index < -0.39 is 0 Å². The third kappa shape index (κ3) is 5.01. The smallest absolute Gasteiger partial charge is 0.236 e. The van der Waals surface area contributed by atoms with Crippen LogP contribution in [0.25, 0.3) is 10.9 Å². The molecule has 1 amide bonds. The molecule has 0 aliphatic carbocycles. The van der Waals surface area contributed by atoms with E-state index in [-0.39, 0.29) is 5.91 Å². The number of para-hydroxylation sites is 1. The summed E-state index contributed by atoms with van der Waals surface area (Å²) in [7, 11) is 0. The van der Waals surface area contributed by atoms with E-state index in [0.717, 1.165) is 21.5 Å². The van der Waals surface area contributed by atoms with E-state index in [1.54, 1.807) is 23.5 Å². The highest BCUT2D eigenvalue weighted by Crippen LogP contribution is 2.31. The number of nitrogens with one attached hydrogen (secondary N) is 1. The van der Waals surface area contributed by atoms with Gasteiger partial charge in [0.15, 0.2) is 4.34 Å². The third-order valence-corrected chi connectivity index (χ3v) is 7.12. The molecule has 4 aromatic rings. The molecule has 2 heterocycles. The van der Waals surface area contributed by atoms with Gasteiger partial charge in [0.05, 0.1) is 5.75 Å². The molecular weight excluding hydrogens is 420 g/mol. The summed E-state index contributed by atoms with van der Waals surface area (Å²) in [6.45, 7) is 2.87. The first-order valence-electron chi connectivity index (χ1n) is 9.23. The van der Waals surface area contributed by atoms with Crippen molar-refractivity contribution in [3.63, 3.8) is 0 Å². The summed E-state index contributed by atoms with van der Waals surface area (Å²) >= 11 is 4.58. The molecule has 0 saturated heterocycles. The molecule has 8 heteroatoms. The van der Waals surface area contributed by atoms with Crippen LogP contribution in [-0.2, 0) is 11.3 Å². The Hall–Kier alpha value is -2.29. The van der Waals surface area contributed by atoms with Crippen LogP contribution in [0.4, 0.5) is 5.13 Å². The first kappa shape index (κ1) is 20.0. The van der Waals surface area contributed by atoms with Crippen molar-refractivity contribution < 1.29 is 4.79 Å². The monoisotopic (exact) mass is 440 g/mol. The Labute approximate surface area is 181 Å². The van der Waals surface area contributed by atoms with Crippen LogP contribution >= 0.6 is 34.9 Å². The molecule has 0 bridgehead atoms. The van der Waals surface area contributed by atoms with E-state index in [1.165, 1.54) is 27.8 Å². The van der Waals surface area contributed by atoms with Crippen molar-refractivity contribution in [3.05, 3.63) is 66.4 Å². The number of amides is 1. The molecule has 148 valence electrons. The van der Waals surface area contributed by atoms with Crippen LogP contribution in [0.2, 0.25) is 0 Å². The number of carbonyl (C=O) groups excluding carboxylic acids is 1. The average molecular weight is 441 g/mol. The molecule has 2 aromatic carbocycles. The van der Waals surface area contributed by atoms with E-state index in [0.29, 0.717) is 10.9 Å². The molecule has 1 N–H and O–H groups in total. The SMILES string of the molecule is CCSc1nnc(NC(=O)CSc2cn(Cc3ccccc3)c3ccccc23)s1. The summed E-state index contributed by atoms with van der Waals surface area (Å²) in [5.74, 6) is 1.19. The fourth-order valence-electron chi connectivity index (χ4n) is 2.98. The average Bonchev–Trinajstić information content (AvgIpc) is 3.32. The summed E-state index contributed by atoms with van der Waals surface area (Å²) in [6, 6.07) is 18.7. The molecule has 29 heavy (non-hydrogen) atoms. The van der Waals surface area contributed by atoms with Crippen molar-refractivity contribution in [1.82, 2.24) is 14.8 Å². The second kappa shape index (κ2) is 9.47. The quantitative estimate of drug-likeness (QED) is 0.294. The Bertz CT molecular complexity index is 1110. The van der Waals surface area contributed by atoms with Crippen molar-refractivity contribution in [2.45, 2.75) is 22.7 Å². The van der Waals surface area contributed by atoms with Gasteiger partial charge in [0.25, 0.3) is 0 Å². The van der Waals surface area contributed by atoms with Gasteiger partial charge in [-0.1, -0.05) is 78.6 Å². The number of thioether (sulfide) groups is 2. The summed E-state index contributed by atoms with van der Waals surface area (Å²) in [5, 5.41) is 12.7. The van der Waals surface area contributed by atoms with Gasteiger partial charge in [0.2, 0.25) is 11.0 Å². The van der Waals surface area contributed by atoms with Crippen LogP contribution < -0.4 is 5.32 Å². The second-order valence-electron chi connectivity index (χ2n) is 6.27. The van der Waals surface area contributed by atoms with Crippen LogP contribution in [0.15, 0.2) is 70.0 Å². The maximum atomic E-state index is 12.4. The number of hydrogen-bond donors (Lipinski definition) is 1. The zero-order chi connectivity index (χ0) is 20.1. The van der Waals surface area contributed by atoms with Gasteiger partial charge < -0.3 is 4.57 Å². The summed E-state index contributed by atoms with van der Waals surface area (Å²) in [4.78, 5) is 13.5. The first-order chi connectivity index (χ1) is 14.2. The lowest BCUT2D eigenvalue weighted by Gasteiger charge is -2.05. The minimum absolute atomic E-state index is 0.0703. The van der Waals surface area contributed by atoms with E-state index in [9.17, 15) is 4.79 Å². The fourth-order valence-corrected chi connectivity index (χ4v) is 5.53. The van der Waals surface area contributed by atoms with Crippen molar-refractivity contribution in [1.29, 1.82) is 0 Å². The molecule has 0 radical (unpaired) electrons. The third-order valence-electron chi connectivity index (χ3n) is 4.23. The highest BCUT2D eigenvalue weighted by atomic mass is 32.2. The van der Waals surface area contributed by atoms with Crippen LogP contribution in [-0.4, -0.2) is 32.2 Å². The topological polar surface area (TPSA) is 59.8 Å². The molecule has 0 atom stereocenters. The molecule has 0 fully saturated rings. The second-order valence-corrected chi connectivity index (χ2v) is 9.77. The predicted octanol–water partition coefficient (Wildman–Crippen LogP) is 5.38. The highest BCUT2D eigenvalue weighted by Gasteiger charge is 2.13. The molecule has 0 spiro atoms. The normalized spacial score (nSPS) is 11.1. The number of nitrogens with zero attached hydrogens (tertiary/aromatic N) is 3. The molecule has 0 saturated carbocycles. The maximum absolute atomic E-state index is 12.4. The molecule has 0 aliphatic heterocycles. The number of carbonyl (C=O) groups is 1. The molecular formula is C21H20N4OS3. The minimum atomic E-state index is -0.0703. The number of hydrogen-bond acceptors (Lipinski definition) is 6. The lowest BCUT2D eigenvalue weighted by Crippen LogP contribution is -2.13. The van der Waals surface area contributed by atoms with E-state index >= 15 is 0 Å². The molecule has 0 aliphatic rings. The Balaban J connectivity index is 1.45. The zero-order valence-corrected chi connectivity index (χ0v) is 18.3. The van der Waals surface area contributed by atoms with Crippen LogP contribution in [0, 0.1) is 0 Å². The van der Waals surface area contributed by atoms with E-state index in [2.05, 4.69) is 69.6 Å². The van der Waals surface area contributed by atoms with Crippen molar-refractivity contribution >= 4 is 56.8 Å². The summed E-state index contributed by atoms with van der Waals surface area (Å²) in [6.07, 6.45) is 2.14. The zero-order valence-electron chi connectivity index (χ0n) is 15.9. The van der Waals surface area contributed by atoms with Crippen LogP contribution in [0.5, 0.6) is 0 Å². The van der Waals surface area contributed by atoms with Gasteiger partial charge in [-0.2, -0.15) is 0 Å². The Morgan fingerprint density at radius 2 is 1.86 bits per heavy atom. The van der Waals surface area contributed by atoms with Gasteiger partial charge in [0.1, 0.15) is 0 Å². The van der Waals surface area contributed by atoms with E-state index in [4.69, 9.17) is 0 Å². The fraction of sp³-hybridized carbons (Fsp3) is 0.190. The highest BCUT2D eigenvalue weighted by molar-refractivity contribution is 8.01. The molecule has 5 nitrogen and oxygen atoms in total. The summed E-state index contributed by atoms with van der Waals surface area (Å²) < 4.78 is 3.11. The largest absolute Gasteiger partial charge is 0.342 e. The number of aromatic nitrogens is 3. The number of fused-ring (bicyclic) bond motifs is 1. The Kier molecular flexibility index (Phi) is 6.53. The lowest BCUT2D eigenvalue weighted by atomic mass is 10.2. The molecule has 2 aromatic heterocycles. The maximum Gasteiger partial charge on any atom is 0.236 e. The van der Waals surface area contributed by atoms with Gasteiger partial charge in [0, 0.05) is 28.5 Å². The standard InChI is InChI=1S/C21H20N4OS3/c1-2-27-21-24-23-20(29-21)22-19(26)14-28-18-13-25(12-15-8-4-3-5-9-15)17-11-7-6-10-16(17)18/h3-11,13H,2,12,14H2,1H3,(H,22,23,26). The number of anilines is 1. The molecule has 0 unspecified atom stereocenters. The van der Waals surface area contributed by atoms with E-state index in [1.807, 2.05) is 18.2 Å². The number of benzene rings is 2. The van der Waals surface area contributed by atoms with Crippen molar-refractivity contribution in [3.8, 4) is 0 Å². The number of rotatable bonds is 8. The Morgan fingerprint density at radius 1 is 1.07 bits per heavy atom. The summed E-state index contributed by atoms with van der Waals surface area (Å²) in [5.41, 5.74) is 2.42. The lowest BCUT2D eigenvalue weighted by molar-refractivity contribution is -0.113. The first-order valence-corrected chi connectivity index (χ1v) is 12.0. The van der Waals surface area contributed by atoms with Gasteiger partial charge >= 0.3 is 0 Å². The van der Waals surface area contributed by atoms with Gasteiger partial charge in [-0.3, -0.25) is 10.1 Å². The van der Waals surface area contributed by atoms with Gasteiger partial charge in [-0.15, -0.1) is 22.0 Å². The molecule has 4 rings (SSSR count). The Morgan fingerprint density at radius 3 is 2.69 bits per heavy atom. The minimum Gasteiger partial charge on any atom is -0.342 e. The predicted molar refractivity (Wildman–Crippen MR) is 123 cm³/mol. The van der Waals surface area contributed by atoms with Crippen molar-refractivity contribution in [2.24, 2.45) is 0 Å². The van der Waals surface area contributed by atoms with Crippen molar-refractivity contribution in [2.75, 3.05) is 16.8 Å².